The van der Waals surface area contributed by atoms with Crippen molar-refractivity contribution in [3.05, 3.63) is 0 Å². The van der Waals surface area contributed by atoms with Crippen LogP contribution in [0.4, 0.5) is 0 Å². The Morgan fingerprint density at radius 3 is 2.65 bits per heavy atom. The fourth-order valence-corrected chi connectivity index (χ4v) is 2.29. The van der Waals surface area contributed by atoms with Crippen LogP contribution in [0, 0.1) is 0 Å². The number of piperidine rings is 1. The second-order valence-corrected chi connectivity index (χ2v) is 4.68. The Labute approximate surface area is 103 Å². The van der Waals surface area contributed by atoms with E-state index in [9.17, 15) is 4.79 Å². The van der Waals surface area contributed by atoms with Crippen LogP contribution in [0.3, 0.4) is 0 Å². The molecule has 1 aliphatic heterocycles. The van der Waals surface area contributed by atoms with Gasteiger partial charge in [0.05, 0.1) is 6.61 Å². The van der Waals surface area contributed by atoms with Crippen molar-refractivity contribution in [2.75, 3.05) is 40.9 Å². The van der Waals surface area contributed by atoms with Gasteiger partial charge in [0.1, 0.15) is 6.04 Å². The largest absolute Gasteiger partial charge is 0.383 e. The molecule has 0 radical (unpaired) electrons. The summed E-state index contributed by atoms with van der Waals surface area (Å²) in [7, 11) is 5.68. The Balaban J connectivity index is 2.57. The fraction of sp³-hybridized carbons (Fsp3) is 0.909. The summed E-state index contributed by atoms with van der Waals surface area (Å²) in [4.78, 5) is 16.1. The molecule has 1 fully saturated rings. The van der Waals surface area contributed by atoms with E-state index in [0.29, 0.717) is 12.6 Å². The monoisotopic (exact) mass is 244 g/mol. The Morgan fingerprint density at radius 1 is 1.59 bits per heavy atom. The number of hydrogen-bond donors (Lipinski definition) is 2. The second-order valence-electron chi connectivity index (χ2n) is 4.68. The van der Waals surface area contributed by atoms with Crippen molar-refractivity contribution in [1.29, 1.82) is 0 Å². The maximum absolute atomic E-state index is 11.7. The first-order valence-corrected chi connectivity index (χ1v) is 6.00. The van der Waals surface area contributed by atoms with Gasteiger partial charge in [-0.3, -0.25) is 15.1 Å². The second kappa shape index (κ2) is 6.90. The maximum atomic E-state index is 11.7. The smallest absolute Gasteiger partial charge is 0.253 e. The van der Waals surface area contributed by atoms with E-state index in [1.54, 1.807) is 7.11 Å². The molecule has 0 aromatic heterocycles. The van der Waals surface area contributed by atoms with Crippen molar-refractivity contribution in [3.63, 3.8) is 0 Å². The van der Waals surface area contributed by atoms with Crippen LogP contribution < -0.4 is 11.3 Å². The lowest BCUT2D eigenvalue weighted by Crippen LogP contribution is -2.55. The first-order chi connectivity index (χ1) is 8.10. The van der Waals surface area contributed by atoms with E-state index < -0.39 is 0 Å². The molecule has 0 aromatic rings. The van der Waals surface area contributed by atoms with Gasteiger partial charge in [-0.25, -0.2) is 5.84 Å². The molecular formula is C11H24N4O2. The number of likely N-dealkylation sites (tertiary alicyclic amines) is 1. The van der Waals surface area contributed by atoms with E-state index in [1.807, 2.05) is 7.05 Å². The van der Waals surface area contributed by atoms with E-state index in [-0.39, 0.29) is 11.9 Å². The third-order valence-corrected chi connectivity index (χ3v) is 3.53. The standard InChI is InChI=1S/C11H24N4O2/c1-14-6-4-9(5-7-14)15(2)10(8-17-3)11(16)13-12/h9-10H,4-8,12H2,1-3H3,(H,13,16). The van der Waals surface area contributed by atoms with E-state index in [2.05, 4.69) is 22.3 Å². The molecule has 1 rings (SSSR count). The van der Waals surface area contributed by atoms with Crippen molar-refractivity contribution in [3.8, 4) is 0 Å². The van der Waals surface area contributed by atoms with Gasteiger partial charge in [0.15, 0.2) is 0 Å². The summed E-state index contributed by atoms with van der Waals surface area (Å²) < 4.78 is 5.09. The average molecular weight is 244 g/mol. The van der Waals surface area contributed by atoms with Crippen LogP contribution in [-0.2, 0) is 9.53 Å². The normalized spacial score (nSPS) is 20.5. The van der Waals surface area contributed by atoms with Crippen LogP contribution in [0.25, 0.3) is 0 Å². The van der Waals surface area contributed by atoms with Gasteiger partial charge in [-0.1, -0.05) is 0 Å². The number of nitrogens with two attached hydrogens (primary N) is 1. The highest BCUT2D eigenvalue weighted by Crippen LogP contribution is 2.16. The zero-order valence-electron chi connectivity index (χ0n) is 11.0. The minimum atomic E-state index is -0.307. The predicted octanol–water partition coefficient (Wildman–Crippen LogP) is -0.983. The number of amides is 1. The summed E-state index contributed by atoms with van der Waals surface area (Å²) in [6, 6.07) is 0.113. The minimum absolute atomic E-state index is 0.187. The van der Waals surface area contributed by atoms with Gasteiger partial charge >= 0.3 is 0 Å². The van der Waals surface area contributed by atoms with E-state index in [0.717, 1.165) is 25.9 Å². The molecule has 0 aromatic carbocycles. The number of nitrogens with one attached hydrogen (secondary N) is 1. The maximum Gasteiger partial charge on any atom is 0.253 e. The number of likely N-dealkylation sites (N-methyl/N-ethyl adjacent to an activating group) is 1. The highest BCUT2D eigenvalue weighted by molar-refractivity contribution is 5.81. The van der Waals surface area contributed by atoms with Gasteiger partial charge in [-0.15, -0.1) is 0 Å². The van der Waals surface area contributed by atoms with E-state index >= 15 is 0 Å². The first kappa shape index (κ1) is 14.4. The minimum Gasteiger partial charge on any atom is -0.383 e. The lowest BCUT2D eigenvalue weighted by atomic mass is 10.0. The van der Waals surface area contributed by atoms with Crippen LogP contribution in [0.1, 0.15) is 12.8 Å². The van der Waals surface area contributed by atoms with Gasteiger partial charge in [0.25, 0.3) is 5.91 Å². The molecule has 17 heavy (non-hydrogen) atoms. The summed E-state index contributed by atoms with van der Waals surface area (Å²) in [6.07, 6.45) is 2.15. The summed E-state index contributed by atoms with van der Waals surface area (Å²) in [6.45, 7) is 2.50. The molecule has 0 saturated carbocycles. The van der Waals surface area contributed by atoms with Crippen molar-refractivity contribution < 1.29 is 9.53 Å². The molecular weight excluding hydrogens is 220 g/mol. The number of ether oxygens (including phenoxy) is 1. The average Bonchev–Trinajstić information content (AvgIpc) is 2.35. The summed E-state index contributed by atoms with van der Waals surface area (Å²) in [5.41, 5.74) is 2.21. The molecule has 0 bridgehead atoms. The molecule has 0 spiro atoms. The number of nitrogens with zero attached hydrogens (tertiary/aromatic N) is 2. The lowest BCUT2D eigenvalue weighted by molar-refractivity contribution is -0.129. The molecule has 6 nitrogen and oxygen atoms in total. The molecule has 1 saturated heterocycles. The predicted molar refractivity (Wildman–Crippen MR) is 66.3 cm³/mol. The van der Waals surface area contributed by atoms with Gasteiger partial charge in [0, 0.05) is 13.2 Å². The molecule has 1 unspecified atom stereocenters. The van der Waals surface area contributed by atoms with Crippen LogP contribution in [0.2, 0.25) is 0 Å². The zero-order valence-corrected chi connectivity index (χ0v) is 11.0. The molecule has 1 atom stereocenters. The first-order valence-electron chi connectivity index (χ1n) is 6.00. The number of carbonyl (C=O) groups excluding carboxylic acids is 1. The molecule has 6 heteroatoms. The summed E-state index contributed by atoms with van der Waals surface area (Å²) in [5, 5.41) is 0. The summed E-state index contributed by atoms with van der Waals surface area (Å²) in [5.74, 6) is 5.02. The lowest BCUT2D eigenvalue weighted by Gasteiger charge is -2.38. The van der Waals surface area contributed by atoms with Crippen molar-refractivity contribution in [2.45, 2.75) is 24.9 Å². The third kappa shape index (κ3) is 3.92. The quantitative estimate of drug-likeness (QED) is 0.369. The van der Waals surface area contributed by atoms with Gasteiger partial charge in [0.2, 0.25) is 0 Å². The Kier molecular flexibility index (Phi) is 5.84. The van der Waals surface area contributed by atoms with Gasteiger partial charge in [-0.2, -0.15) is 0 Å². The van der Waals surface area contributed by atoms with E-state index in [4.69, 9.17) is 10.6 Å². The molecule has 100 valence electrons. The fourth-order valence-electron chi connectivity index (χ4n) is 2.29. The third-order valence-electron chi connectivity index (χ3n) is 3.53. The molecule has 3 N–H and O–H groups in total. The van der Waals surface area contributed by atoms with Gasteiger partial charge in [-0.05, 0) is 40.0 Å². The molecule has 0 aliphatic carbocycles. The van der Waals surface area contributed by atoms with Gasteiger partial charge < -0.3 is 9.64 Å². The number of methoxy groups -OCH3 is 1. The highest BCUT2D eigenvalue weighted by atomic mass is 16.5. The van der Waals surface area contributed by atoms with Crippen molar-refractivity contribution in [1.82, 2.24) is 15.2 Å². The van der Waals surface area contributed by atoms with Crippen LogP contribution >= 0.6 is 0 Å². The SMILES string of the molecule is COCC(C(=O)NN)N(C)C1CCN(C)CC1. The topological polar surface area (TPSA) is 70.8 Å². The number of carbonyl (C=O) groups is 1. The van der Waals surface area contributed by atoms with Crippen molar-refractivity contribution in [2.24, 2.45) is 5.84 Å². The summed E-state index contributed by atoms with van der Waals surface area (Å²) >= 11 is 0. The molecule has 1 amide bonds. The van der Waals surface area contributed by atoms with Crippen molar-refractivity contribution >= 4 is 5.91 Å². The Hall–Kier alpha value is -0.690. The number of hydrogen-bond acceptors (Lipinski definition) is 5. The van der Waals surface area contributed by atoms with Crippen LogP contribution in [0.5, 0.6) is 0 Å². The number of hydrazine groups is 1. The highest BCUT2D eigenvalue weighted by Gasteiger charge is 2.29. The Bertz CT molecular complexity index is 242. The van der Waals surface area contributed by atoms with Crippen LogP contribution in [0.15, 0.2) is 0 Å². The zero-order chi connectivity index (χ0) is 12.8. The van der Waals surface area contributed by atoms with E-state index in [1.165, 1.54) is 0 Å². The molecule has 1 aliphatic rings. The molecule has 1 heterocycles. The Morgan fingerprint density at radius 2 is 2.18 bits per heavy atom. The number of rotatable bonds is 5. The van der Waals surface area contributed by atoms with Crippen LogP contribution in [-0.4, -0.2) is 68.7 Å².